The predicted octanol–water partition coefficient (Wildman–Crippen LogP) is 4.48. The first-order valence-electron chi connectivity index (χ1n) is 7.92. The molecule has 0 fully saturated rings. The highest BCUT2D eigenvalue weighted by molar-refractivity contribution is 6.32. The molecule has 128 valence electrons. The van der Waals surface area contributed by atoms with Crippen molar-refractivity contribution in [1.29, 1.82) is 0 Å². The van der Waals surface area contributed by atoms with Crippen molar-refractivity contribution in [3.05, 3.63) is 40.9 Å². The summed E-state index contributed by atoms with van der Waals surface area (Å²) in [5.41, 5.74) is 1.95. The average Bonchev–Trinajstić information content (AvgIpc) is 3.04. The minimum atomic E-state index is 0.269. The van der Waals surface area contributed by atoms with Crippen LogP contribution in [0.25, 0.3) is 0 Å². The number of hydrogen-bond donors (Lipinski definition) is 1. The van der Waals surface area contributed by atoms with E-state index in [2.05, 4.69) is 5.32 Å². The number of rotatable bonds is 7. The van der Waals surface area contributed by atoms with Crippen LogP contribution in [0.2, 0.25) is 5.02 Å². The van der Waals surface area contributed by atoms with Crippen molar-refractivity contribution in [3.63, 3.8) is 0 Å². The van der Waals surface area contributed by atoms with Gasteiger partial charge in [-0.3, -0.25) is 0 Å². The van der Waals surface area contributed by atoms with E-state index in [1.165, 1.54) is 0 Å². The molecule has 1 aliphatic rings. The highest BCUT2D eigenvalue weighted by Gasteiger charge is 2.14. The van der Waals surface area contributed by atoms with Gasteiger partial charge in [0.15, 0.2) is 23.0 Å². The third kappa shape index (κ3) is 3.62. The van der Waals surface area contributed by atoms with Crippen LogP contribution >= 0.6 is 11.6 Å². The van der Waals surface area contributed by atoms with Gasteiger partial charge in [-0.1, -0.05) is 11.6 Å². The summed E-state index contributed by atoms with van der Waals surface area (Å²) in [6.07, 6.45) is 0. The van der Waals surface area contributed by atoms with Crippen molar-refractivity contribution < 1.29 is 18.9 Å². The second-order valence-electron chi connectivity index (χ2n) is 5.19. The second kappa shape index (κ2) is 7.53. The maximum absolute atomic E-state index is 6.34. The van der Waals surface area contributed by atoms with Crippen molar-refractivity contribution in [3.8, 4) is 23.0 Å². The van der Waals surface area contributed by atoms with Crippen LogP contribution in [-0.4, -0.2) is 20.0 Å². The van der Waals surface area contributed by atoms with E-state index in [1.54, 1.807) is 0 Å². The van der Waals surface area contributed by atoms with Crippen LogP contribution in [0.5, 0.6) is 23.0 Å². The molecule has 0 aliphatic carbocycles. The minimum Gasteiger partial charge on any atom is -0.490 e. The summed E-state index contributed by atoms with van der Waals surface area (Å²) in [7, 11) is 0. The number of benzene rings is 2. The van der Waals surface area contributed by atoms with E-state index < -0.39 is 0 Å². The van der Waals surface area contributed by atoms with E-state index in [4.69, 9.17) is 30.5 Å². The van der Waals surface area contributed by atoms with Gasteiger partial charge in [-0.05, 0) is 43.7 Å². The normalized spacial score (nSPS) is 12.1. The van der Waals surface area contributed by atoms with Crippen LogP contribution in [-0.2, 0) is 6.54 Å². The van der Waals surface area contributed by atoms with Gasteiger partial charge < -0.3 is 24.3 Å². The molecule has 0 unspecified atom stereocenters. The Labute approximate surface area is 146 Å². The Kier molecular flexibility index (Phi) is 5.20. The molecular formula is C18H20ClNO4. The first kappa shape index (κ1) is 16.6. The van der Waals surface area contributed by atoms with Gasteiger partial charge in [-0.15, -0.1) is 0 Å². The van der Waals surface area contributed by atoms with Gasteiger partial charge in [0.1, 0.15) is 0 Å². The Hall–Kier alpha value is -2.27. The number of halogens is 1. The zero-order chi connectivity index (χ0) is 16.9. The monoisotopic (exact) mass is 349 g/mol. The summed E-state index contributed by atoms with van der Waals surface area (Å²) < 4.78 is 21.9. The Balaban J connectivity index is 1.75. The molecule has 24 heavy (non-hydrogen) atoms. The molecule has 1 aliphatic heterocycles. The third-order valence-electron chi connectivity index (χ3n) is 3.53. The molecule has 0 aromatic heterocycles. The first-order valence-corrected chi connectivity index (χ1v) is 8.30. The minimum absolute atomic E-state index is 0.269. The smallest absolute Gasteiger partial charge is 0.231 e. The lowest BCUT2D eigenvalue weighted by Crippen LogP contribution is -2.03. The van der Waals surface area contributed by atoms with Crippen molar-refractivity contribution in [2.75, 3.05) is 25.3 Å². The van der Waals surface area contributed by atoms with Gasteiger partial charge in [-0.2, -0.15) is 0 Å². The topological polar surface area (TPSA) is 49.0 Å². The molecular weight excluding hydrogens is 330 g/mol. The number of hydrogen-bond acceptors (Lipinski definition) is 5. The molecule has 1 heterocycles. The standard InChI is InChI=1S/C18H20ClNO4/c1-3-21-17-8-12(7-14(19)18(17)22-4-2)10-20-13-5-6-15-16(9-13)24-11-23-15/h5-9,20H,3-4,10-11H2,1-2H3. The Morgan fingerprint density at radius 2 is 1.83 bits per heavy atom. The fourth-order valence-electron chi connectivity index (χ4n) is 2.48. The van der Waals surface area contributed by atoms with E-state index in [9.17, 15) is 0 Å². The molecule has 0 radical (unpaired) electrons. The molecule has 2 aromatic rings. The van der Waals surface area contributed by atoms with E-state index >= 15 is 0 Å². The molecule has 0 atom stereocenters. The zero-order valence-corrected chi connectivity index (χ0v) is 14.5. The third-order valence-corrected chi connectivity index (χ3v) is 3.81. The quantitative estimate of drug-likeness (QED) is 0.798. The molecule has 0 saturated heterocycles. The maximum atomic E-state index is 6.34. The van der Waals surface area contributed by atoms with E-state index in [0.29, 0.717) is 36.3 Å². The Morgan fingerprint density at radius 3 is 2.62 bits per heavy atom. The lowest BCUT2D eigenvalue weighted by molar-refractivity contribution is 0.174. The summed E-state index contributed by atoms with van der Waals surface area (Å²) in [5.74, 6) is 2.77. The summed E-state index contributed by atoms with van der Waals surface area (Å²) in [6.45, 7) is 5.81. The fraction of sp³-hybridized carbons (Fsp3) is 0.333. The fourth-order valence-corrected chi connectivity index (χ4v) is 2.77. The largest absolute Gasteiger partial charge is 0.490 e. The summed E-state index contributed by atoms with van der Waals surface area (Å²) in [5, 5.41) is 3.89. The van der Waals surface area contributed by atoms with Gasteiger partial charge in [0.25, 0.3) is 0 Å². The van der Waals surface area contributed by atoms with Gasteiger partial charge in [0.05, 0.1) is 18.2 Å². The summed E-state index contributed by atoms with van der Waals surface area (Å²) in [4.78, 5) is 0. The highest BCUT2D eigenvalue weighted by atomic mass is 35.5. The van der Waals surface area contributed by atoms with Gasteiger partial charge in [0, 0.05) is 18.3 Å². The SMILES string of the molecule is CCOc1cc(CNc2ccc3c(c2)OCO3)cc(Cl)c1OCC. The predicted molar refractivity (Wildman–Crippen MR) is 93.7 cm³/mol. The molecule has 0 saturated carbocycles. The summed E-state index contributed by atoms with van der Waals surface area (Å²) in [6, 6.07) is 9.59. The zero-order valence-electron chi connectivity index (χ0n) is 13.7. The van der Waals surface area contributed by atoms with E-state index in [0.717, 1.165) is 22.7 Å². The lowest BCUT2D eigenvalue weighted by atomic mass is 10.2. The van der Waals surface area contributed by atoms with Gasteiger partial charge in [-0.25, -0.2) is 0 Å². The van der Waals surface area contributed by atoms with E-state index in [-0.39, 0.29) is 6.79 Å². The van der Waals surface area contributed by atoms with Crippen LogP contribution in [0.15, 0.2) is 30.3 Å². The van der Waals surface area contributed by atoms with Crippen molar-refractivity contribution in [2.45, 2.75) is 20.4 Å². The van der Waals surface area contributed by atoms with Crippen molar-refractivity contribution in [1.82, 2.24) is 0 Å². The van der Waals surface area contributed by atoms with Crippen LogP contribution < -0.4 is 24.3 Å². The maximum Gasteiger partial charge on any atom is 0.231 e. The number of fused-ring (bicyclic) bond motifs is 1. The van der Waals surface area contributed by atoms with Gasteiger partial charge >= 0.3 is 0 Å². The van der Waals surface area contributed by atoms with Crippen molar-refractivity contribution in [2.24, 2.45) is 0 Å². The van der Waals surface area contributed by atoms with Crippen LogP contribution in [0.1, 0.15) is 19.4 Å². The number of anilines is 1. The molecule has 5 nitrogen and oxygen atoms in total. The molecule has 1 N–H and O–H groups in total. The lowest BCUT2D eigenvalue weighted by Gasteiger charge is -2.15. The first-order chi connectivity index (χ1) is 11.7. The number of nitrogens with one attached hydrogen (secondary N) is 1. The molecule has 6 heteroatoms. The van der Waals surface area contributed by atoms with Crippen molar-refractivity contribution >= 4 is 17.3 Å². The van der Waals surface area contributed by atoms with Crippen LogP contribution in [0.3, 0.4) is 0 Å². The average molecular weight is 350 g/mol. The second-order valence-corrected chi connectivity index (χ2v) is 5.60. The Bertz CT molecular complexity index is 720. The molecule has 0 bridgehead atoms. The van der Waals surface area contributed by atoms with E-state index in [1.807, 2.05) is 44.2 Å². The molecule has 0 amide bonds. The molecule has 2 aromatic carbocycles. The Morgan fingerprint density at radius 1 is 1.04 bits per heavy atom. The molecule has 0 spiro atoms. The van der Waals surface area contributed by atoms with Crippen LogP contribution in [0.4, 0.5) is 5.69 Å². The van der Waals surface area contributed by atoms with Crippen LogP contribution in [0, 0.1) is 0 Å². The highest BCUT2D eigenvalue weighted by Crippen LogP contribution is 2.37. The van der Waals surface area contributed by atoms with Gasteiger partial charge in [0.2, 0.25) is 6.79 Å². The summed E-state index contributed by atoms with van der Waals surface area (Å²) >= 11 is 6.34. The molecule has 3 rings (SSSR count). The number of ether oxygens (including phenoxy) is 4.